The van der Waals surface area contributed by atoms with E-state index in [1.54, 1.807) is 0 Å². The van der Waals surface area contributed by atoms with E-state index >= 15 is 0 Å². The van der Waals surface area contributed by atoms with Gasteiger partial charge in [0, 0.05) is 6.54 Å². The Morgan fingerprint density at radius 3 is 2.68 bits per heavy atom. The molecule has 0 aromatic carbocycles. The number of hydrogen-bond acceptors (Lipinski definition) is 7. The predicted molar refractivity (Wildman–Crippen MR) is 72.2 cm³/mol. The Hall–Kier alpha value is -1.63. The third-order valence-corrected chi connectivity index (χ3v) is 2.85. The number of nitrogen functional groups attached to an aromatic ring is 1. The minimum absolute atomic E-state index is 0.00708. The molecule has 0 saturated carbocycles. The van der Waals surface area contributed by atoms with Gasteiger partial charge in [-0.2, -0.15) is 15.0 Å². The molecule has 2 N–H and O–H groups in total. The Morgan fingerprint density at radius 2 is 2.05 bits per heavy atom. The van der Waals surface area contributed by atoms with Gasteiger partial charge in [0.05, 0.1) is 24.9 Å². The zero-order valence-corrected chi connectivity index (χ0v) is 11.9. The highest BCUT2D eigenvalue weighted by atomic mass is 16.5. The van der Waals surface area contributed by atoms with Crippen molar-refractivity contribution in [3.8, 4) is 6.01 Å². The van der Waals surface area contributed by atoms with Crippen molar-refractivity contribution in [1.29, 1.82) is 0 Å². The van der Waals surface area contributed by atoms with Crippen molar-refractivity contribution in [2.75, 3.05) is 30.4 Å². The average Bonchev–Trinajstić information content (AvgIpc) is 2.26. The van der Waals surface area contributed by atoms with Crippen molar-refractivity contribution < 1.29 is 9.47 Å². The monoisotopic (exact) mass is 267 g/mol. The van der Waals surface area contributed by atoms with E-state index in [0.717, 1.165) is 6.54 Å². The molecule has 7 nitrogen and oxygen atoms in total. The van der Waals surface area contributed by atoms with Crippen LogP contribution in [0.25, 0.3) is 0 Å². The molecule has 1 aromatic heterocycles. The summed E-state index contributed by atoms with van der Waals surface area (Å²) in [6.07, 6.45) is -0.00708. The molecule has 2 rings (SSSR count). The number of hydrogen-bond donors (Lipinski definition) is 1. The Balaban J connectivity index is 2.30. The van der Waals surface area contributed by atoms with E-state index < -0.39 is 0 Å². The van der Waals surface area contributed by atoms with Crippen LogP contribution < -0.4 is 15.4 Å². The molecule has 0 radical (unpaired) electrons. The molecule has 19 heavy (non-hydrogen) atoms. The molecule has 1 aromatic rings. The first-order chi connectivity index (χ1) is 8.88. The van der Waals surface area contributed by atoms with Crippen molar-refractivity contribution in [3.05, 3.63) is 0 Å². The molecule has 0 aliphatic carbocycles. The Labute approximate surface area is 113 Å². The molecular formula is C12H21N5O2. The summed E-state index contributed by atoms with van der Waals surface area (Å²) in [5.41, 5.74) is 5.55. The van der Waals surface area contributed by atoms with Crippen LogP contribution >= 0.6 is 0 Å². The molecule has 1 aliphatic rings. The van der Waals surface area contributed by atoms with Crippen LogP contribution in [0.4, 0.5) is 11.9 Å². The maximum Gasteiger partial charge on any atom is 0.323 e. The highest BCUT2D eigenvalue weighted by molar-refractivity contribution is 5.39. The lowest BCUT2D eigenvalue weighted by molar-refractivity contribution is 0.0632. The fraction of sp³-hybridized carbons (Fsp3) is 0.750. The molecule has 106 valence electrons. The second kappa shape index (κ2) is 5.16. The van der Waals surface area contributed by atoms with E-state index in [1.807, 2.05) is 13.8 Å². The van der Waals surface area contributed by atoms with Crippen molar-refractivity contribution >= 4 is 11.9 Å². The molecule has 7 heteroatoms. The summed E-state index contributed by atoms with van der Waals surface area (Å²) in [5, 5.41) is 0. The van der Waals surface area contributed by atoms with Gasteiger partial charge in [-0.3, -0.25) is 0 Å². The summed E-state index contributed by atoms with van der Waals surface area (Å²) in [5.74, 6) is 0.708. The summed E-state index contributed by atoms with van der Waals surface area (Å²) in [6, 6.07) is 0.264. The van der Waals surface area contributed by atoms with Gasteiger partial charge >= 0.3 is 6.01 Å². The fourth-order valence-corrected chi connectivity index (χ4v) is 1.97. The second-order valence-electron chi connectivity index (χ2n) is 5.46. The highest BCUT2D eigenvalue weighted by Gasteiger charge is 2.33. The molecule has 0 amide bonds. The standard InChI is InChI=1S/C12H21N5O2/c1-8(2)19-11-15-9(13)14-10(16-11)17-5-6-18-7-12(17,3)4/h8H,5-7H2,1-4H3,(H2,13,14,15,16). The first-order valence-corrected chi connectivity index (χ1v) is 6.42. The lowest BCUT2D eigenvalue weighted by Crippen LogP contribution is -2.54. The van der Waals surface area contributed by atoms with Crippen LogP contribution in [-0.4, -0.2) is 46.4 Å². The summed E-state index contributed by atoms with van der Waals surface area (Å²) < 4.78 is 11.0. The normalized spacial score (nSPS) is 18.7. The average molecular weight is 267 g/mol. The zero-order chi connectivity index (χ0) is 14.0. The van der Waals surface area contributed by atoms with Crippen LogP contribution in [0.5, 0.6) is 6.01 Å². The van der Waals surface area contributed by atoms with E-state index in [-0.39, 0.29) is 23.6 Å². The van der Waals surface area contributed by atoms with E-state index in [2.05, 4.69) is 33.7 Å². The third kappa shape index (κ3) is 3.23. The molecule has 0 spiro atoms. The molecule has 0 unspecified atom stereocenters. The van der Waals surface area contributed by atoms with Crippen LogP contribution in [0.1, 0.15) is 27.7 Å². The van der Waals surface area contributed by atoms with Gasteiger partial charge in [-0.25, -0.2) is 0 Å². The number of nitrogens with two attached hydrogens (primary N) is 1. The fourth-order valence-electron chi connectivity index (χ4n) is 1.97. The first-order valence-electron chi connectivity index (χ1n) is 6.42. The van der Waals surface area contributed by atoms with Gasteiger partial charge in [0.1, 0.15) is 0 Å². The lowest BCUT2D eigenvalue weighted by atomic mass is 10.0. The van der Waals surface area contributed by atoms with Crippen molar-refractivity contribution in [2.45, 2.75) is 39.3 Å². The maximum absolute atomic E-state index is 5.73. The van der Waals surface area contributed by atoms with Gasteiger partial charge in [0.2, 0.25) is 11.9 Å². The highest BCUT2D eigenvalue weighted by Crippen LogP contribution is 2.25. The maximum atomic E-state index is 5.73. The van der Waals surface area contributed by atoms with E-state index in [1.165, 1.54) is 0 Å². The van der Waals surface area contributed by atoms with Crippen molar-refractivity contribution in [2.24, 2.45) is 0 Å². The van der Waals surface area contributed by atoms with Gasteiger partial charge in [0.15, 0.2) is 0 Å². The number of ether oxygens (including phenoxy) is 2. The predicted octanol–water partition coefficient (Wildman–Crippen LogP) is 0.856. The van der Waals surface area contributed by atoms with Crippen molar-refractivity contribution in [1.82, 2.24) is 15.0 Å². The van der Waals surface area contributed by atoms with E-state index in [4.69, 9.17) is 15.2 Å². The van der Waals surface area contributed by atoms with Crippen LogP contribution in [0.3, 0.4) is 0 Å². The molecular weight excluding hydrogens is 246 g/mol. The number of rotatable bonds is 3. The third-order valence-electron chi connectivity index (χ3n) is 2.85. The number of nitrogens with zero attached hydrogens (tertiary/aromatic N) is 4. The smallest absolute Gasteiger partial charge is 0.323 e. The number of anilines is 2. The van der Waals surface area contributed by atoms with Gasteiger partial charge in [-0.1, -0.05) is 0 Å². The molecule has 1 aliphatic heterocycles. The Morgan fingerprint density at radius 1 is 1.32 bits per heavy atom. The Bertz CT molecular complexity index is 450. The molecule has 1 fully saturated rings. The van der Waals surface area contributed by atoms with Crippen LogP contribution in [-0.2, 0) is 4.74 Å². The van der Waals surface area contributed by atoms with Crippen molar-refractivity contribution in [3.63, 3.8) is 0 Å². The van der Waals surface area contributed by atoms with Crippen LogP contribution in [0.2, 0.25) is 0 Å². The summed E-state index contributed by atoms with van der Waals surface area (Å²) in [6.45, 7) is 9.98. The van der Waals surface area contributed by atoms with Gasteiger partial charge < -0.3 is 20.1 Å². The number of aromatic nitrogens is 3. The second-order valence-corrected chi connectivity index (χ2v) is 5.46. The van der Waals surface area contributed by atoms with Crippen LogP contribution in [0.15, 0.2) is 0 Å². The summed E-state index contributed by atoms with van der Waals surface area (Å²) in [4.78, 5) is 14.6. The van der Waals surface area contributed by atoms with Gasteiger partial charge in [-0.05, 0) is 27.7 Å². The van der Waals surface area contributed by atoms with Gasteiger partial charge in [-0.15, -0.1) is 0 Å². The summed E-state index contributed by atoms with van der Waals surface area (Å²) in [7, 11) is 0. The Kier molecular flexibility index (Phi) is 3.75. The lowest BCUT2D eigenvalue weighted by Gasteiger charge is -2.42. The van der Waals surface area contributed by atoms with E-state index in [0.29, 0.717) is 19.2 Å². The van der Waals surface area contributed by atoms with Gasteiger partial charge in [0.25, 0.3) is 0 Å². The molecule has 2 heterocycles. The summed E-state index contributed by atoms with van der Waals surface area (Å²) >= 11 is 0. The minimum Gasteiger partial charge on any atom is -0.461 e. The molecule has 0 atom stereocenters. The topological polar surface area (TPSA) is 86.4 Å². The SMILES string of the molecule is CC(C)Oc1nc(N)nc(N2CCOCC2(C)C)n1. The largest absolute Gasteiger partial charge is 0.461 e. The molecule has 0 bridgehead atoms. The van der Waals surface area contributed by atoms with Crippen LogP contribution in [0, 0.1) is 0 Å². The molecule has 1 saturated heterocycles. The quantitative estimate of drug-likeness (QED) is 0.869. The first kappa shape index (κ1) is 13.8. The minimum atomic E-state index is -0.179. The zero-order valence-electron chi connectivity index (χ0n) is 11.9. The number of morpholine rings is 1. The van der Waals surface area contributed by atoms with E-state index in [9.17, 15) is 0 Å².